The highest BCUT2D eigenvalue weighted by atomic mass is 19.4. The van der Waals surface area contributed by atoms with Crippen molar-refractivity contribution in [3.63, 3.8) is 0 Å². The molecule has 0 saturated carbocycles. The first-order valence-electron chi connectivity index (χ1n) is 9.51. The summed E-state index contributed by atoms with van der Waals surface area (Å²) < 4.78 is 45.0. The Morgan fingerprint density at radius 2 is 1.94 bits per heavy atom. The number of nitrogens with one attached hydrogen (secondary N) is 2. The number of aromatic amines is 1. The summed E-state index contributed by atoms with van der Waals surface area (Å²) in [5.74, 6) is 0.108. The average molecular weight is 428 g/mol. The van der Waals surface area contributed by atoms with Gasteiger partial charge in [-0.15, -0.1) is 0 Å². The predicted molar refractivity (Wildman–Crippen MR) is 110 cm³/mol. The van der Waals surface area contributed by atoms with Gasteiger partial charge in [0.2, 0.25) is 0 Å². The van der Waals surface area contributed by atoms with Crippen LogP contribution in [0.5, 0.6) is 5.75 Å². The van der Waals surface area contributed by atoms with Crippen LogP contribution < -0.4 is 10.1 Å². The van der Waals surface area contributed by atoms with Crippen molar-refractivity contribution < 1.29 is 22.7 Å². The van der Waals surface area contributed by atoms with Gasteiger partial charge in [0.25, 0.3) is 5.91 Å². The molecule has 0 fully saturated rings. The predicted octanol–water partition coefficient (Wildman–Crippen LogP) is 4.79. The van der Waals surface area contributed by atoms with E-state index in [2.05, 4.69) is 15.4 Å². The Kier molecular flexibility index (Phi) is 5.41. The molecular weight excluding hydrogens is 409 g/mol. The molecule has 160 valence electrons. The minimum absolute atomic E-state index is 0.267. The zero-order chi connectivity index (χ0) is 22.0. The van der Waals surface area contributed by atoms with E-state index in [-0.39, 0.29) is 5.91 Å². The summed E-state index contributed by atoms with van der Waals surface area (Å²) in [5, 5.41) is 7.73. The van der Waals surface area contributed by atoms with Crippen LogP contribution >= 0.6 is 0 Å². The lowest BCUT2D eigenvalue weighted by atomic mass is 10.1. The molecular formula is C22H19F3N4O2. The molecule has 0 aliphatic rings. The molecule has 4 aromatic rings. The molecule has 9 heteroatoms. The molecule has 0 radical (unpaired) electrons. The highest BCUT2D eigenvalue weighted by molar-refractivity contribution is 6.08. The van der Waals surface area contributed by atoms with Crippen molar-refractivity contribution in [1.29, 1.82) is 0 Å². The van der Waals surface area contributed by atoms with Gasteiger partial charge in [-0.1, -0.05) is 6.07 Å². The van der Waals surface area contributed by atoms with Crippen molar-refractivity contribution in [3.05, 3.63) is 77.7 Å². The smallest absolute Gasteiger partial charge is 0.416 e. The van der Waals surface area contributed by atoms with Gasteiger partial charge in [-0.3, -0.25) is 9.48 Å². The van der Waals surface area contributed by atoms with Crippen molar-refractivity contribution >= 4 is 22.5 Å². The van der Waals surface area contributed by atoms with Gasteiger partial charge in [-0.05, 0) is 48.0 Å². The van der Waals surface area contributed by atoms with Crippen LogP contribution in [0.25, 0.3) is 10.9 Å². The van der Waals surface area contributed by atoms with E-state index in [9.17, 15) is 18.0 Å². The second-order valence-electron chi connectivity index (χ2n) is 7.00. The molecule has 0 aliphatic carbocycles. The molecule has 0 bridgehead atoms. The first kappa shape index (κ1) is 20.5. The fourth-order valence-corrected chi connectivity index (χ4v) is 3.24. The lowest BCUT2D eigenvalue weighted by Gasteiger charge is -2.09. The number of fused-ring (bicyclic) bond motifs is 1. The maximum Gasteiger partial charge on any atom is 0.416 e. The number of benzene rings is 2. The van der Waals surface area contributed by atoms with Crippen LogP contribution in [0.2, 0.25) is 0 Å². The SMILES string of the molecule is Cn1nccc1C(=O)Nc1c[nH]c2ccc(CCOc3ccc(C(F)(F)F)cc3)cc12. The topological polar surface area (TPSA) is 71.9 Å². The quantitative estimate of drug-likeness (QED) is 0.464. The number of H-pyrrole nitrogens is 1. The van der Waals surface area contributed by atoms with Gasteiger partial charge in [0, 0.05) is 36.8 Å². The van der Waals surface area contributed by atoms with Crippen LogP contribution in [-0.4, -0.2) is 27.3 Å². The number of nitrogens with zero attached hydrogens (tertiary/aromatic N) is 2. The molecule has 6 nitrogen and oxygen atoms in total. The lowest BCUT2D eigenvalue weighted by molar-refractivity contribution is -0.137. The molecule has 2 aromatic heterocycles. The van der Waals surface area contributed by atoms with Crippen LogP contribution in [0.15, 0.2) is 60.9 Å². The Balaban J connectivity index is 1.41. The number of anilines is 1. The summed E-state index contributed by atoms with van der Waals surface area (Å²) in [5.41, 5.74) is 2.21. The van der Waals surface area contributed by atoms with E-state index in [4.69, 9.17) is 4.74 Å². The monoisotopic (exact) mass is 428 g/mol. The van der Waals surface area contributed by atoms with Crippen LogP contribution in [0, 0.1) is 0 Å². The van der Waals surface area contributed by atoms with Crippen LogP contribution in [-0.2, 0) is 19.6 Å². The first-order chi connectivity index (χ1) is 14.8. The second-order valence-corrected chi connectivity index (χ2v) is 7.00. The Labute approximate surface area is 175 Å². The number of halogens is 3. The number of carbonyl (C=O) groups excluding carboxylic acids is 1. The molecule has 2 aromatic carbocycles. The van der Waals surface area contributed by atoms with E-state index in [0.717, 1.165) is 28.6 Å². The lowest BCUT2D eigenvalue weighted by Crippen LogP contribution is -2.15. The summed E-state index contributed by atoms with van der Waals surface area (Å²) in [7, 11) is 1.69. The van der Waals surface area contributed by atoms with Crippen molar-refractivity contribution in [3.8, 4) is 5.75 Å². The van der Waals surface area contributed by atoms with E-state index < -0.39 is 11.7 Å². The number of ether oxygens (including phenoxy) is 1. The number of amides is 1. The zero-order valence-corrected chi connectivity index (χ0v) is 16.5. The number of hydrogen-bond donors (Lipinski definition) is 2. The van der Waals surface area contributed by atoms with Gasteiger partial charge in [0.1, 0.15) is 11.4 Å². The van der Waals surface area contributed by atoms with Crippen molar-refractivity contribution in [1.82, 2.24) is 14.8 Å². The summed E-state index contributed by atoms with van der Waals surface area (Å²) in [4.78, 5) is 15.6. The van der Waals surface area contributed by atoms with Gasteiger partial charge in [-0.25, -0.2) is 0 Å². The summed E-state index contributed by atoms with van der Waals surface area (Å²) >= 11 is 0. The number of aryl methyl sites for hydroxylation is 1. The molecule has 0 spiro atoms. The maximum atomic E-state index is 12.6. The first-order valence-corrected chi connectivity index (χ1v) is 9.51. The number of rotatable bonds is 6. The standard InChI is InChI=1S/C22H19F3N4O2/c1-29-20(8-10-27-29)21(30)28-19-13-26-18-7-2-14(12-17(18)19)9-11-31-16-5-3-15(4-6-16)22(23,24)25/h2-8,10,12-13,26H,9,11H2,1H3,(H,28,30). The number of aromatic nitrogens is 3. The average Bonchev–Trinajstić information content (AvgIpc) is 3.34. The zero-order valence-electron chi connectivity index (χ0n) is 16.5. The second kappa shape index (κ2) is 8.17. The Morgan fingerprint density at radius 1 is 1.16 bits per heavy atom. The summed E-state index contributed by atoms with van der Waals surface area (Å²) in [6.07, 6.45) is -0.536. The third kappa shape index (κ3) is 4.55. The van der Waals surface area contributed by atoms with Gasteiger partial charge < -0.3 is 15.0 Å². The molecule has 0 saturated heterocycles. The van der Waals surface area contributed by atoms with Gasteiger partial charge in [0.05, 0.1) is 17.9 Å². The summed E-state index contributed by atoms with van der Waals surface area (Å²) in [6, 6.07) is 12.0. The minimum Gasteiger partial charge on any atom is -0.493 e. The number of carbonyl (C=O) groups is 1. The van der Waals surface area contributed by atoms with E-state index in [0.29, 0.717) is 30.2 Å². The fourth-order valence-electron chi connectivity index (χ4n) is 3.24. The number of hydrogen-bond acceptors (Lipinski definition) is 3. The van der Waals surface area contributed by atoms with Crippen molar-refractivity contribution in [2.45, 2.75) is 12.6 Å². The Hall–Kier alpha value is -3.75. The molecule has 4 rings (SSSR count). The largest absolute Gasteiger partial charge is 0.493 e. The maximum absolute atomic E-state index is 12.6. The molecule has 0 aliphatic heterocycles. The normalized spacial score (nSPS) is 11.6. The van der Waals surface area contributed by atoms with E-state index >= 15 is 0 Å². The van der Waals surface area contributed by atoms with E-state index in [1.54, 1.807) is 25.5 Å². The highest BCUT2D eigenvalue weighted by Gasteiger charge is 2.30. The highest BCUT2D eigenvalue weighted by Crippen LogP contribution is 2.30. The molecule has 1 amide bonds. The molecule has 2 heterocycles. The molecule has 2 N–H and O–H groups in total. The third-order valence-electron chi connectivity index (χ3n) is 4.89. The fraction of sp³-hybridized carbons (Fsp3) is 0.182. The Bertz CT molecular complexity index is 1210. The molecule has 0 atom stereocenters. The third-order valence-corrected chi connectivity index (χ3v) is 4.89. The van der Waals surface area contributed by atoms with Crippen LogP contribution in [0.4, 0.5) is 18.9 Å². The van der Waals surface area contributed by atoms with E-state index in [1.165, 1.54) is 16.8 Å². The summed E-state index contributed by atoms with van der Waals surface area (Å²) in [6.45, 7) is 0.304. The minimum atomic E-state index is -4.37. The van der Waals surface area contributed by atoms with Crippen molar-refractivity contribution in [2.24, 2.45) is 7.05 Å². The van der Waals surface area contributed by atoms with Gasteiger partial charge >= 0.3 is 6.18 Å². The van der Waals surface area contributed by atoms with E-state index in [1.807, 2.05) is 18.2 Å². The van der Waals surface area contributed by atoms with Crippen LogP contribution in [0.3, 0.4) is 0 Å². The van der Waals surface area contributed by atoms with Gasteiger partial charge in [-0.2, -0.15) is 18.3 Å². The molecule has 0 unspecified atom stereocenters. The van der Waals surface area contributed by atoms with Crippen LogP contribution in [0.1, 0.15) is 21.6 Å². The molecule has 31 heavy (non-hydrogen) atoms. The number of alkyl halides is 3. The Morgan fingerprint density at radius 3 is 2.61 bits per heavy atom. The van der Waals surface area contributed by atoms with Gasteiger partial charge in [0.15, 0.2) is 0 Å². The van der Waals surface area contributed by atoms with Crippen molar-refractivity contribution in [2.75, 3.05) is 11.9 Å².